The summed E-state index contributed by atoms with van der Waals surface area (Å²) in [5.41, 5.74) is -0.838. The van der Waals surface area contributed by atoms with Gasteiger partial charge in [-0.3, -0.25) is 4.79 Å². The van der Waals surface area contributed by atoms with Gasteiger partial charge in [0.1, 0.15) is 12.4 Å². The molecule has 0 saturated carbocycles. The summed E-state index contributed by atoms with van der Waals surface area (Å²) >= 11 is 0. The van der Waals surface area contributed by atoms with Crippen molar-refractivity contribution in [2.24, 2.45) is 0 Å². The van der Waals surface area contributed by atoms with E-state index in [1.165, 1.54) is 0 Å². The molecule has 1 rings (SSSR count). The summed E-state index contributed by atoms with van der Waals surface area (Å²) < 4.78 is 9.80. The van der Waals surface area contributed by atoms with E-state index in [4.69, 9.17) is 14.6 Å². The van der Waals surface area contributed by atoms with Crippen LogP contribution in [0.3, 0.4) is 0 Å². The van der Waals surface area contributed by atoms with Crippen LogP contribution in [0, 0.1) is 0 Å². The van der Waals surface area contributed by atoms with Crippen molar-refractivity contribution in [1.82, 2.24) is 9.97 Å². The molecule has 17 heavy (non-hydrogen) atoms. The zero-order valence-electron chi connectivity index (χ0n) is 9.65. The minimum atomic E-state index is -0.753. The number of carbonyl (C=O) groups excluding carboxylic acids is 1. The average Bonchev–Trinajstić information content (AvgIpc) is 2.31. The molecule has 7 heteroatoms. The highest BCUT2D eigenvalue weighted by molar-refractivity contribution is 5.90. The molecule has 1 aromatic heterocycles. The summed E-state index contributed by atoms with van der Waals surface area (Å²) in [6.07, 6.45) is 0. The maximum Gasteiger partial charge on any atom is 0.361 e. The molecule has 0 aliphatic carbocycles. The van der Waals surface area contributed by atoms with Gasteiger partial charge in [-0.1, -0.05) is 0 Å². The Morgan fingerprint density at radius 3 is 2.65 bits per heavy atom. The third kappa shape index (κ3) is 3.04. The fourth-order valence-electron chi connectivity index (χ4n) is 1.20. The molecule has 0 spiro atoms. The van der Waals surface area contributed by atoms with Gasteiger partial charge in [0, 0.05) is 0 Å². The average molecular weight is 242 g/mol. The van der Waals surface area contributed by atoms with E-state index in [0.29, 0.717) is 0 Å². The van der Waals surface area contributed by atoms with Crippen LogP contribution in [0.25, 0.3) is 0 Å². The van der Waals surface area contributed by atoms with Crippen molar-refractivity contribution >= 4 is 5.97 Å². The topological polar surface area (TPSA) is 102 Å². The maximum atomic E-state index is 11.6. The Balaban J connectivity index is 3.26. The van der Waals surface area contributed by atoms with Gasteiger partial charge in [-0.25, -0.2) is 9.78 Å². The first-order chi connectivity index (χ1) is 8.13. The fraction of sp³-hybridized carbons (Fsp3) is 0.500. The molecular formula is C10H14N2O5. The number of aliphatic hydroxyl groups is 1. The van der Waals surface area contributed by atoms with E-state index >= 15 is 0 Å². The molecule has 2 N–H and O–H groups in total. The van der Waals surface area contributed by atoms with Crippen LogP contribution in [0.4, 0.5) is 0 Å². The molecule has 0 aromatic carbocycles. The zero-order chi connectivity index (χ0) is 12.8. The number of hydrogen-bond donors (Lipinski definition) is 2. The number of esters is 1. The van der Waals surface area contributed by atoms with E-state index in [1.54, 1.807) is 13.8 Å². The van der Waals surface area contributed by atoms with Gasteiger partial charge in [0.05, 0.1) is 13.2 Å². The zero-order valence-corrected chi connectivity index (χ0v) is 9.65. The highest BCUT2D eigenvalue weighted by Crippen LogP contribution is 2.11. The monoisotopic (exact) mass is 242 g/mol. The Morgan fingerprint density at radius 2 is 2.12 bits per heavy atom. The Morgan fingerprint density at radius 1 is 1.41 bits per heavy atom. The first kappa shape index (κ1) is 13.2. The molecule has 0 bridgehead atoms. The Labute approximate surface area is 97.4 Å². The van der Waals surface area contributed by atoms with Crippen LogP contribution in [0.1, 0.15) is 30.2 Å². The molecule has 0 atom stereocenters. The van der Waals surface area contributed by atoms with Gasteiger partial charge < -0.3 is 19.6 Å². The number of aliphatic hydroxyl groups excluding tert-OH is 1. The quantitative estimate of drug-likeness (QED) is 0.695. The lowest BCUT2D eigenvalue weighted by Crippen LogP contribution is -2.22. The van der Waals surface area contributed by atoms with E-state index in [1.807, 2.05) is 0 Å². The predicted octanol–water partition coefficient (Wildman–Crippen LogP) is -0.162. The van der Waals surface area contributed by atoms with Gasteiger partial charge in [0.25, 0.3) is 5.56 Å². The molecule has 0 radical (unpaired) electrons. The smallest absolute Gasteiger partial charge is 0.361 e. The highest BCUT2D eigenvalue weighted by atomic mass is 16.5. The molecule has 94 valence electrons. The second-order valence-electron chi connectivity index (χ2n) is 3.00. The van der Waals surface area contributed by atoms with Crippen LogP contribution in [-0.2, 0) is 11.3 Å². The van der Waals surface area contributed by atoms with Crippen molar-refractivity contribution in [3.8, 4) is 5.75 Å². The summed E-state index contributed by atoms with van der Waals surface area (Å²) in [6.45, 7) is 3.21. The second kappa shape index (κ2) is 6.00. The minimum Gasteiger partial charge on any atom is -0.486 e. The summed E-state index contributed by atoms with van der Waals surface area (Å²) in [5, 5.41) is 8.89. The third-order valence-corrected chi connectivity index (χ3v) is 1.83. The molecule has 0 saturated heterocycles. The van der Waals surface area contributed by atoms with Crippen molar-refractivity contribution < 1.29 is 19.4 Å². The van der Waals surface area contributed by atoms with Gasteiger partial charge in [0.2, 0.25) is 5.75 Å². The lowest BCUT2D eigenvalue weighted by molar-refractivity contribution is 0.0513. The third-order valence-electron chi connectivity index (χ3n) is 1.83. The second-order valence-corrected chi connectivity index (χ2v) is 3.00. The first-order valence-electron chi connectivity index (χ1n) is 5.18. The Bertz CT molecular complexity index is 454. The lowest BCUT2D eigenvalue weighted by atomic mass is 10.3. The van der Waals surface area contributed by atoms with Crippen molar-refractivity contribution in [1.29, 1.82) is 0 Å². The number of aromatic amines is 1. The summed E-state index contributed by atoms with van der Waals surface area (Å²) in [6, 6.07) is 0. The molecule has 0 amide bonds. The number of nitrogens with one attached hydrogen (secondary N) is 1. The van der Waals surface area contributed by atoms with Crippen LogP contribution >= 0.6 is 0 Å². The van der Waals surface area contributed by atoms with Crippen LogP contribution in [0.5, 0.6) is 5.75 Å². The normalized spacial score (nSPS) is 10.1. The molecule has 0 aliphatic rings. The summed E-state index contributed by atoms with van der Waals surface area (Å²) in [4.78, 5) is 29.2. The molecule has 0 unspecified atom stereocenters. The largest absolute Gasteiger partial charge is 0.486 e. The Hall–Kier alpha value is -1.89. The van der Waals surface area contributed by atoms with E-state index in [0.717, 1.165) is 0 Å². The van der Waals surface area contributed by atoms with Gasteiger partial charge in [0.15, 0.2) is 5.69 Å². The van der Waals surface area contributed by atoms with Gasteiger partial charge >= 0.3 is 5.97 Å². The summed E-state index contributed by atoms with van der Waals surface area (Å²) in [5.74, 6) is -0.957. The molecule has 0 aliphatic heterocycles. The minimum absolute atomic E-state index is 0.0125. The number of hydrogen-bond acceptors (Lipinski definition) is 6. The van der Waals surface area contributed by atoms with E-state index in [9.17, 15) is 9.59 Å². The number of ether oxygens (including phenoxy) is 2. The number of H-pyrrole nitrogens is 1. The van der Waals surface area contributed by atoms with Gasteiger partial charge in [-0.2, -0.15) is 0 Å². The van der Waals surface area contributed by atoms with Crippen molar-refractivity contribution in [2.45, 2.75) is 20.5 Å². The Kier molecular flexibility index (Phi) is 4.65. The molecule has 1 heterocycles. The SMILES string of the molecule is CCOC(=O)c1nc(CO)[nH]c(=O)c1OCC. The maximum absolute atomic E-state index is 11.6. The lowest BCUT2D eigenvalue weighted by Gasteiger charge is -2.08. The fourth-order valence-corrected chi connectivity index (χ4v) is 1.20. The van der Waals surface area contributed by atoms with E-state index in [2.05, 4.69) is 9.97 Å². The predicted molar refractivity (Wildman–Crippen MR) is 57.9 cm³/mol. The molecular weight excluding hydrogens is 228 g/mol. The van der Waals surface area contributed by atoms with Gasteiger partial charge in [-0.05, 0) is 13.8 Å². The van der Waals surface area contributed by atoms with Crippen LogP contribution in [0.2, 0.25) is 0 Å². The van der Waals surface area contributed by atoms with Crippen LogP contribution in [0.15, 0.2) is 4.79 Å². The molecule has 7 nitrogen and oxygen atoms in total. The standard InChI is InChI=1S/C10H14N2O5/c1-3-16-8-7(10(15)17-4-2)11-6(5-13)12-9(8)14/h13H,3-5H2,1-2H3,(H,11,12,14). The number of aromatic nitrogens is 2. The van der Waals surface area contributed by atoms with Crippen LogP contribution < -0.4 is 10.3 Å². The summed E-state index contributed by atoms with van der Waals surface area (Å²) in [7, 11) is 0. The molecule has 0 fully saturated rings. The van der Waals surface area contributed by atoms with Crippen LogP contribution in [-0.4, -0.2) is 34.3 Å². The first-order valence-corrected chi connectivity index (χ1v) is 5.18. The van der Waals surface area contributed by atoms with E-state index < -0.39 is 18.1 Å². The number of rotatable bonds is 5. The van der Waals surface area contributed by atoms with Crippen molar-refractivity contribution in [3.63, 3.8) is 0 Å². The number of nitrogens with zero attached hydrogens (tertiary/aromatic N) is 1. The highest BCUT2D eigenvalue weighted by Gasteiger charge is 2.20. The molecule has 1 aromatic rings. The number of carbonyl (C=O) groups is 1. The van der Waals surface area contributed by atoms with Gasteiger partial charge in [-0.15, -0.1) is 0 Å². The van der Waals surface area contributed by atoms with Crippen molar-refractivity contribution in [2.75, 3.05) is 13.2 Å². The van der Waals surface area contributed by atoms with E-state index in [-0.39, 0.29) is 30.5 Å². The van der Waals surface area contributed by atoms with Crippen molar-refractivity contribution in [3.05, 3.63) is 21.9 Å².